The molecule has 3 atom stereocenters. The highest BCUT2D eigenvalue weighted by atomic mass is 19.1. The Hall–Kier alpha value is -3.18. The van der Waals surface area contributed by atoms with Gasteiger partial charge in [0.15, 0.2) is 5.65 Å². The highest BCUT2D eigenvalue weighted by molar-refractivity contribution is 5.87. The molecule has 2 saturated heterocycles. The van der Waals surface area contributed by atoms with Crippen LogP contribution in [-0.4, -0.2) is 78.3 Å². The fourth-order valence-corrected chi connectivity index (χ4v) is 5.46. The Morgan fingerprint density at radius 3 is 2.69 bits per heavy atom. The van der Waals surface area contributed by atoms with Crippen molar-refractivity contribution in [2.24, 2.45) is 0 Å². The Balaban J connectivity index is 1.41. The number of hydrogen-bond donors (Lipinski definition) is 0. The first-order valence-corrected chi connectivity index (χ1v) is 13.7. The Morgan fingerprint density at radius 2 is 2.00 bits per heavy atom. The minimum atomic E-state index is -0.600. The van der Waals surface area contributed by atoms with Gasteiger partial charge in [0.2, 0.25) is 5.95 Å². The average molecular weight is 540 g/mol. The first kappa shape index (κ1) is 27.4. The van der Waals surface area contributed by atoms with Crippen LogP contribution in [0.25, 0.3) is 22.4 Å². The van der Waals surface area contributed by atoms with Crippen LogP contribution < -0.4 is 0 Å². The zero-order valence-electron chi connectivity index (χ0n) is 23.6. The quantitative estimate of drug-likeness (QED) is 0.426. The van der Waals surface area contributed by atoms with E-state index in [1.54, 1.807) is 24.3 Å². The summed E-state index contributed by atoms with van der Waals surface area (Å²) in [6.45, 7) is 14.0. The number of fused-ring (bicyclic) bond motifs is 1. The van der Waals surface area contributed by atoms with E-state index in [9.17, 15) is 4.79 Å². The van der Waals surface area contributed by atoms with Crippen molar-refractivity contribution >= 4 is 17.3 Å². The average Bonchev–Trinajstić information content (AvgIpc) is 3.31. The van der Waals surface area contributed by atoms with Crippen molar-refractivity contribution in [2.75, 3.05) is 26.2 Å². The zero-order valence-corrected chi connectivity index (χ0v) is 23.6. The van der Waals surface area contributed by atoms with E-state index in [2.05, 4.69) is 38.7 Å². The number of carbonyl (C=O) groups is 1. The lowest BCUT2D eigenvalue weighted by Crippen LogP contribution is -2.54. The predicted octanol–water partition coefficient (Wildman–Crippen LogP) is 5.04. The third kappa shape index (κ3) is 5.74. The molecule has 1 unspecified atom stereocenters. The number of hydrogen-bond acceptors (Lipinski definition) is 8. The topological polar surface area (TPSA) is 98.5 Å². The van der Waals surface area contributed by atoms with Gasteiger partial charge in [-0.05, 0) is 72.4 Å². The second-order valence-corrected chi connectivity index (χ2v) is 11.6. The van der Waals surface area contributed by atoms with Crippen molar-refractivity contribution in [3.05, 3.63) is 35.9 Å². The number of aryl methyl sites for hydroxylation is 1. The first-order valence-electron chi connectivity index (χ1n) is 13.7. The number of piperazine rings is 1. The predicted molar refractivity (Wildman–Crippen MR) is 144 cm³/mol. The number of rotatable bonds is 4. The van der Waals surface area contributed by atoms with Crippen molar-refractivity contribution in [2.45, 2.75) is 84.7 Å². The van der Waals surface area contributed by atoms with Crippen LogP contribution in [0.1, 0.15) is 77.5 Å². The van der Waals surface area contributed by atoms with Crippen molar-refractivity contribution in [1.82, 2.24) is 34.3 Å². The molecule has 2 aliphatic heterocycles. The highest BCUT2D eigenvalue weighted by Gasteiger charge is 2.33. The van der Waals surface area contributed by atoms with Crippen LogP contribution >= 0.6 is 0 Å². The molecule has 1 amide bonds. The van der Waals surface area contributed by atoms with Gasteiger partial charge in [-0.15, -0.1) is 0 Å². The van der Waals surface area contributed by atoms with Gasteiger partial charge in [-0.2, -0.15) is 4.39 Å². The standard InChI is InChI=1S/C28H38FN7O3/c1-17-15-34(27(37)39-28(4,5)6)10-11-35(17)18(2)20-13-21(25(29)30-14-20)23-24-26(33-19(3)32-23)36(16-31-24)22-9-7-8-12-38-22/h13-14,16-18,22H,7-12,15H2,1-6H3/t17-,18+,22?/m0/s1. The van der Waals surface area contributed by atoms with Crippen molar-refractivity contribution in [1.29, 1.82) is 0 Å². The minimum absolute atomic E-state index is 0.0562. The van der Waals surface area contributed by atoms with E-state index in [1.807, 2.05) is 31.4 Å². The van der Waals surface area contributed by atoms with E-state index in [0.29, 0.717) is 54.5 Å². The van der Waals surface area contributed by atoms with Crippen molar-refractivity contribution in [3.63, 3.8) is 0 Å². The number of ether oxygens (including phenoxy) is 2. The van der Waals surface area contributed by atoms with Gasteiger partial charge >= 0.3 is 6.09 Å². The van der Waals surface area contributed by atoms with Crippen LogP contribution in [0.4, 0.5) is 9.18 Å². The fraction of sp³-hybridized carbons (Fsp3) is 0.607. The molecule has 0 aliphatic carbocycles. The summed E-state index contributed by atoms with van der Waals surface area (Å²) in [5.74, 6) is -0.0728. The van der Waals surface area contributed by atoms with Crippen molar-refractivity contribution in [3.8, 4) is 11.3 Å². The molecule has 2 fully saturated rings. The second-order valence-electron chi connectivity index (χ2n) is 11.6. The van der Waals surface area contributed by atoms with Gasteiger partial charge in [-0.3, -0.25) is 9.47 Å². The van der Waals surface area contributed by atoms with Gasteiger partial charge in [0.1, 0.15) is 28.9 Å². The largest absolute Gasteiger partial charge is 0.444 e. The van der Waals surface area contributed by atoms with Crippen LogP contribution in [0.2, 0.25) is 0 Å². The Kier molecular flexibility index (Phi) is 7.56. The summed E-state index contributed by atoms with van der Waals surface area (Å²) in [7, 11) is 0. The molecule has 2 aliphatic rings. The lowest BCUT2D eigenvalue weighted by Gasteiger charge is -2.43. The number of aromatic nitrogens is 5. The molecule has 0 saturated carbocycles. The molecule has 0 spiro atoms. The van der Waals surface area contributed by atoms with E-state index < -0.39 is 11.5 Å². The summed E-state index contributed by atoms with van der Waals surface area (Å²) < 4.78 is 28.7. The van der Waals surface area contributed by atoms with Gasteiger partial charge in [0.25, 0.3) is 0 Å². The van der Waals surface area contributed by atoms with Crippen LogP contribution in [0.5, 0.6) is 0 Å². The zero-order chi connectivity index (χ0) is 27.9. The number of imidazole rings is 1. The molecule has 5 rings (SSSR count). The molecule has 11 heteroatoms. The van der Waals surface area contributed by atoms with Gasteiger partial charge in [0.05, 0.1) is 11.9 Å². The van der Waals surface area contributed by atoms with E-state index in [0.717, 1.165) is 24.8 Å². The van der Waals surface area contributed by atoms with Gasteiger partial charge in [-0.1, -0.05) is 0 Å². The smallest absolute Gasteiger partial charge is 0.410 e. The molecule has 3 aromatic rings. The molecule has 5 heterocycles. The highest BCUT2D eigenvalue weighted by Crippen LogP contribution is 2.33. The molecule has 210 valence electrons. The Labute approximate surface area is 228 Å². The fourth-order valence-electron chi connectivity index (χ4n) is 5.46. The van der Waals surface area contributed by atoms with Crippen LogP contribution in [0, 0.1) is 12.9 Å². The monoisotopic (exact) mass is 539 g/mol. The number of amides is 1. The molecular formula is C28H38FN7O3. The maximum absolute atomic E-state index is 15.2. The van der Waals surface area contributed by atoms with E-state index in [4.69, 9.17) is 9.47 Å². The maximum Gasteiger partial charge on any atom is 0.410 e. The summed E-state index contributed by atoms with van der Waals surface area (Å²) >= 11 is 0. The second kappa shape index (κ2) is 10.8. The number of pyridine rings is 1. The lowest BCUT2D eigenvalue weighted by atomic mass is 10.0. The minimum Gasteiger partial charge on any atom is -0.444 e. The molecule has 0 aromatic carbocycles. The first-order chi connectivity index (χ1) is 18.5. The van der Waals surface area contributed by atoms with E-state index >= 15 is 4.39 Å². The normalized spacial score (nSPS) is 21.8. The maximum atomic E-state index is 15.2. The van der Waals surface area contributed by atoms with E-state index in [1.165, 1.54) is 0 Å². The molecule has 0 radical (unpaired) electrons. The third-order valence-electron chi connectivity index (χ3n) is 7.42. The molecule has 39 heavy (non-hydrogen) atoms. The van der Waals surface area contributed by atoms with Gasteiger partial charge < -0.3 is 14.4 Å². The van der Waals surface area contributed by atoms with Crippen molar-refractivity contribution < 1.29 is 18.7 Å². The third-order valence-corrected chi connectivity index (χ3v) is 7.42. The molecule has 0 bridgehead atoms. The number of halogens is 1. The van der Waals surface area contributed by atoms with Crippen LogP contribution in [0.15, 0.2) is 18.6 Å². The van der Waals surface area contributed by atoms with Gasteiger partial charge in [0, 0.05) is 44.5 Å². The summed E-state index contributed by atoms with van der Waals surface area (Å²) in [4.78, 5) is 34.6. The molecular weight excluding hydrogens is 501 g/mol. The number of carbonyl (C=O) groups excluding carboxylic acids is 1. The Bertz CT molecular complexity index is 1350. The number of nitrogens with zero attached hydrogens (tertiary/aromatic N) is 7. The van der Waals surface area contributed by atoms with Gasteiger partial charge in [-0.25, -0.2) is 24.7 Å². The summed E-state index contributed by atoms with van der Waals surface area (Å²) in [6.07, 6.45) is 5.85. The van der Waals surface area contributed by atoms with Crippen LogP contribution in [0.3, 0.4) is 0 Å². The molecule has 10 nitrogen and oxygen atoms in total. The lowest BCUT2D eigenvalue weighted by molar-refractivity contribution is -0.0298. The van der Waals surface area contributed by atoms with E-state index in [-0.39, 0.29) is 24.4 Å². The summed E-state index contributed by atoms with van der Waals surface area (Å²) in [6, 6.07) is 1.84. The Morgan fingerprint density at radius 1 is 1.21 bits per heavy atom. The molecule has 3 aromatic heterocycles. The SMILES string of the molecule is Cc1nc(-c2cc([C@@H](C)N3CCN(C(=O)OC(C)(C)C)C[C@@H]3C)cnc2F)c2ncn(C3CCCCO3)c2n1. The molecule has 0 N–H and O–H groups in total. The summed E-state index contributed by atoms with van der Waals surface area (Å²) in [5, 5.41) is 0. The summed E-state index contributed by atoms with van der Waals surface area (Å²) in [5.41, 5.74) is 2.21. The van der Waals surface area contributed by atoms with Crippen LogP contribution in [-0.2, 0) is 9.47 Å².